The number of ketones is 1. The van der Waals surface area contributed by atoms with Crippen LogP contribution in [0.2, 0.25) is 5.02 Å². The zero-order valence-electron chi connectivity index (χ0n) is 14.0. The van der Waals surface area contributed by atoms with Gasteiger partial charge in [-0.3, -0.25) is 19.3 Å². The average molecular weight is 361 g/mol. The van der Waals surface area contributed by atoms with Crippen molar-refractivity contribution in [3.63, 3.8) is 0 Å². The van der Waals surface area contributed by atoms with E-state index >= 15 is 0 Å². The molecule has 3 atom stereocenters. The van der Waals surface area contributed by atoms with Gasteiger partial charge in [0, 0.05) is 29.9 Å². The van der Waals surface area contributed by atoms with E-state index in [4.69, 9.17) is 11.6 Å². The summed E-state index contributed by atoms with van der Waals surface area (Å²) < 4.78 is 0. The van der Waals surface area contributed by atoms with Crippen LogP contribution in [-0.2, 0) is 14.4 Å². The molecule has 25 heavy (non-hydrogen) atoms. The number of hydrogen-bond acceptors (Lipinski definition) is 4. The highest BCUT2D eigenvalue weighted by Gasteiger charge is 2.48. The lowest BCUT2D eigenvalue weighted by Crippen LogP contribution is -2.56. The highest BCUT2D eigenvalue weighted by molar-refractivity contribution is 6.30. The average Bonchev–Trinajstić information content (AvgIpc) is 2.91. The number of anilines is 1. The maximum absolute atomic E-state index is 13.0. The zero-order chi connectivity index (χ0) is 17.6. The molecule has 2 saturated heterocycles. The van der Waals surface area contributed by atoms with Gasteiger partial charge < -0.3 is 0 Å². The standard InChI is InChI=1S/C19H21ClN2O3/c20-12-5-7-13(8-6-12)22-18(24)11-16(19(22)25)21-10-9-17(23)14-3-1-2-4-15(14)21/h5-8,14-16H,1-4,9-11H2/t14-,15-,16-/m1/s1. The van der Waals surface area contributed by atoms with Crippen LogP contribution < -0.4 is 4.90 Å². The molecule has 0 N–H and O–H groups in total. The van der Waals surface area contributed by atoms with Crippen molar-refractivity contribution in [3.05, 3.63) is 29.3 Å². The van der Waals surface area contributed by atoms with Gasteiger partial charge in [-0.2, -0.15) is 0 Å². The molecule has 0 radical (unpaired) electrons. The van der Waals surface area contributed by atoms with Crippen LogP contribution in [0, 0.1) is 5.92 Å². The number of rotatable bonds is 2. The summed E-state index contributed by atoms with van der Waals surface area (Å²) in [5.41, 5.74) is 0.565. The smallest absolute Gasteiger partial charge is 0.251 e. The Morgan fingerprint density at radius 2 is 1.72 bits per heavy atom. The topological polar surface area (TPSA) is 57.7 Å². The third-order valence-corrected chi connectivity index (χ3v) is 6.05. The van der Waals surface area contributed by atoms with E-state index in [1.165, 1.54) is 4.90 Å². The highest BCUT2D eigenvalue weighted by Crippen LogP contribution is 2.37. The first-order valence-corrected chi connectivity index (χ1v) is 9.35. The van der Waals surface area contributed by atoms with Gasteiger partial charge in [0.25, 0.3) is 5.91 Å². The highest BCUT2D eigenvalue weighted by atomic mass is 35.5. The number of hydrogen-bond donors (Lipinski definition) is 0. The Kier molecular flexibility index (Phi) is 4.38. The number of piperidine rings is 1. The molecule has 6 heteroatoms. The first kappa shape index (κ1) is 16.7. The zero-order valence-corrected chi connectivity index (χ0v) is 14.7. The molecule has 132 valence electrons. The van der Waals surface area contributed by atoms with Crippen LogP contribution in [0.1, 0.15) is 38.5 Å². The number of carbonyl (C=O) groups excluding carboxylic acids is 3. The number of benzene rings is 1. The van der Waals surface area contributed by atoms with E-state index in [1.54, 1.807) is 24.3 Å². The summed E-state index contributed by atoms with van der Waals surface area (Å²) in [4.78, 5) is 41.2. The SMILES string of the molecule is O=C1CCN([C@@H]2CC(=O)N(c3ccc(Cl)cc3)C2=O)[C@@H]2CCCC[C@@H]12. The van der Waals surface area contributed by atoms with Crippen molar-refractivity contribution >= 4 is 34.9 Å². The van der Waals surface area contributed by atoms with Crippen molar-refractivity contribution in [1.29, 1.82) is 0 Å². The maximum atomic E-state index is 13.0. The number of amides is 2. The first-order valence-electron chi connectivity index (χ1n) is 8.97. The van der Waals surface area contributed by atoms with Crippen LogP contribution in [0.3, 0.4) is 0 Å². The van der Waals surface area contributed by atoms with E-state index in [9.17, 15) is 14.4 Å². The Morgan fingerprint density at radius 1 is 1.00 bits per heavy atom. The molecule has 0 unspecified atom stereocenters. The van der Waals surface area contributed by atoms with Crippen molar-refractivity contribution in [2.45, 2.75) is 50.6 Å². The largest absolute Gasteiger partial charge is 0.299 e. The van der Waals surface area contributed by atoms with Crippen LogP contribution in [0.4, 0.5) is 5.69 Å². The molecule has 1 aromatic carbocycles. The molecule has 4 rings (SSSR count). The van der Waals surface area contributed by atoms with Crippen LogP contribution >= 0.6 is 11.6 Å². The minimum Gasteiger partial charge on any atom is -0.299 e. The molecule has 0 spiro atoms. The first-order chi connectivity index (χ1) is 12.1. The van der Waals surface area contributed by atoms with Crippen molar-refractivity contribution < 1.29 is 14.4 Å². The molecule has 1 saturated carbocycles. The molecule has 1 aromatic rings. The summed E-state index contributed by atoms with van der Waals surface area (Å²) in [5.74, 6) is 0.00911. The van der Waals surface area contributed by atoms with Crippen molar-refractivity contribution in [1.82, 2.24) is 4.90 Å². The summed E-state index contributed by atoms with van der Waals surface area (Å²) in [6.07, 6.45) is 4.69. The van der Waals surface area contributed by atoms with Crippen LogP contribution in [0.25, 0.3) is 0 Å². The van der Waals surface area contributed by atoms with Crippen LogP contribution in [0.5, 0.6) is 0 Å². The Bertz CT molecular complexity index is 718. The van der Waals surface area contributed by atoms with E-state index in [0.29, 0.717) is 29.5 Å². The van der Waals surface area contributed by atoms with Gasteiger partial charge >= 0.3 is 0 Å². The van der Waals surface area contributed by atoms with Gasteiger partial charge in [-0.25, -0.2) is 4.90 Å². The number of fused-ring (bicyclic) bond motifs is 1. The summed E-state index contributed by atoms with van der Waals surface area (Å²) in [5, 5.41) is 0.569. The summed E-state index contributed by atoms with van der Waals surface area (Å²) in [7, 11) is 0. The van der Waals surface area contributed by atoms with E-state index in [1.807, 2.05) is 0 Å². The van der Waals surface area contributed by atoms with Crippen molar-refractivity contribution in [3.8, 4) is 0 Å². The second-order valence-electron chi connectivity index (χ2n) is 7.18. The number of halogens is 1. The molecule has 3 fully saturated rings. The quantitative estimate of drug-likeness (QED) is 0.761. The molecule has 0 bridgehead atoms. The minimum absolute atomic E-state index is 0.0370. The van der Waals surface area contributed by atoms with Gasteiger partial charge in [-0.05, 0) is 37.1 Å². The van der Waals surface area contributed by atoms with Crippen molar-refractivity contribution in [2.75, 3.05) is 11.4 Å². The number of nitrogens with zero attached hydrogens (tertiary/aromatic N) is 2. The van der Waals surface area contributed by atoms with E-state index in [-0.39, 0.29) is 30.2 Å². The van der Waals surface area contributed by atoms with E-state index in [2.05, 4.69) is 4.90 Å². The van der Waals surface area contributed by atoms with Gasteiger partial charge in [-0.1, -0.05) is 24.4 Å². The fraction of sp³-hybridized carbons (Fsp3) is 0.526. The lowest BCUT2D eigenvalue weighted by Gasteiger charge is -2.45. The lowest BCUT2D eigenvalue weighted by molar-refractivity contribution is -0.136. The molecule has 3 aliphatic rings. The summed E-state index contributed by atoms with van der Waals surface area (Å²) in [6, 6.07) is 6.43. The molecule has 2 aliphatic heterocycles. The lowest BCUT2D eigenvalue weighted by atomic mass is 9.77. The molecule has 2 heterocycles. The summed E-state index contributed by atoms with van der Waals surface area (Å²) in [6.45, 7) is 0.581. The molecule has 1 aliphatic carbocycles. The second-order valence-corrected chi connectivity index (χ2v) is 7.61. The third kappa shape index (κ3) is 2.89. The monoisotopic (exact) mass is 360 g/mol. The Hall–Kier alpha value is -1.72. The third-order valence-electron chi connectivity index (χ3n) is 5.79. The van der Waals surface area contributed by atoms with Gasteiger partial charge in [0.2, 0.25) is 5.91 Å². The molecular weight excluding hydrogens is 340 g/mol. The van der Waals surface area contributed by atoms with E-state index in [0.717, 1.165) is 25.7 Å². The number of likely N-dealkylation sites (tertiary alicyclic amines) is 1. The van der Waals surface area contributed by atoms with Crippen molar-refractivity contribution in [2.24, 2.45) is 5.92 Å². The maximum Gasteiger partial charge on any atom is 0.251 e. The Balaban J connectivity index is 1.59. The fourth-order valence-electron chi connectivity index (χ4n) is 4.60. The van der Waals surface area contributed by atoms with Gasteiger partial charge in [0.05, 0.1) is 18.2 Å². The number of carbonyl (C=O) groups is 3. The second kappa shape index (κ2) is 6.54. The molecule has 5 nitrogen and oxygen atoms in total. The predicted molar refractivity (Wildman–Crippen MR) is 94.4 cm³/mol. The van der Waals surface area contributed by atoms with Crippen LogP contribution in [0.15, 0.2) is 24.3 Å². The molecule has 2 amide bonds. The van der Waals surface area contributed by atoms with E-state index < -0.39 is 6.04 Å². The molecular formula is C19H21ClN2O3. The predicted octanol–water partition coefficient (Wildman–Crippen LogP) is 2.81. The van der Waals surface area contributed by atoms with Gasteiger partial charge in [-0.15, -0.1) is 0 Å². The van der Waals surface area contributed by atoms with Gasteiger partial charge in [0.15, 0.2) is 0 Å². The fourth-order valence-corrected chi connectivity index (χ4v) is 4.72. The Labute approximate surface area is 151 Å². The van der Waals surface area contributed by atoms with Gasteiger partial charge in [0.1, 0.15) is 5.78 Å². The normalized spacial score (nSPS) is 30.7. The Morgan fingerprint density at radius 3 is 2.48 bits per heavy atom. The summed E-state index contributed by atoms with van der Waals surface area (Å²) >= 11 is 5.90. The number of imide groups is 1. The number of Topliss-reactive ketones (excluding diaryl/α,β-unsaturated/α-hetero) is 1. The molecule has 0 aromatic heterocycles. The minimum atomic E-state index is -0.443. The van der Waals surface area contributed by atoms with Crippen LogP contribution in [-0.4, -0.2) is 41.1 Å².